The molecular formula is C24H28N2O7S2. The van der Waals surface area contributed by atoms with Crippen molar-refractivity contribution in [2.45, 2.75) is 23.5 Å². The molecule has 1 aromatic carbocycles. The molecule has 1 aliphatic heterocycles. The Labute approximate surface area is 209 Å². The zero-order valence-corrected chi connectivity index (χ0v) is 20.9. The fourth-order valence-electron chi connectivity index (χ4n) is 3.48. The average molecular weight is 521 g/mol. The first-order valence-corrected chi connectivity index (χ1v) is 13.2. The molecule has 0 saturated heterocycles. The van der Waals surface area contributed by atoms with E-state index in [0.717, 1.165) is 9.18 Å². The lowest BCUT2D eigenvalue weighted by Gasteiger charge is -2.29. The summed E-state index contributed by atoms with van der Waals surface area (Å²) in [6, 6.07) is 9.90. The Hall–Kier alpha value is -2.88. The topological polar surface area (TPSA) is 114 Å². The molecule has 0 saturated carbocycles. The maximum atomic E-state index is 13.1. The monoisotopic (exact) mass is 520 g/mol. The molecule has 9 nitrogen and oxygen atoms in total. The number of aliphatic hydroxyl groups is 1. The number of carbonyl (C=O) groups excluding carboxylic acids is 1. The summed E-state index contributed by atoms with van der Waals surface area (Å²) in [5.74, 6) is 2.44. The maximum Gasteiger partial charge on any atom is 0.286 e. The van der Waals surface area contributed by atoms with Crippen LogP contribution in [0.2, 0.25) is 0 Å². The summed E-state index contributed by atoms with van der Waals surface area (Å²) in [7, 11) is -2.37. The van der Waals surface area contributed by atoms with Crippen LogP contribution in [-0.2, 0) is 24.3 Å². The van der Waals surface area contributed by atoms with Crippen LogP contribution in [0.1, 0.15) is 17.2 Å². The fourth-order valence-corrected chi connectivity index (χ4v) is 5.71. The van der Waals surface area contributed by atoms with Crippen molar-refractivity contribution in [3.8, 4) is 18.1 Å². The number of nitrogens with one attached hydrogen (secondary N) is 1. The van der Waals surface area contributed by atoms with Gasteiger partial charge in [0.05, 0.1) is 31.8 Å². The number of benzene rings is 1. The number of ether oxygens (including phenoxy) is 3. The molecule has 1 aromatic heterocycles. The lowest BCUT2D eigenvalue weighted by molar-refractivity contribution is -0.146. The minimum Gasteiger partial charge on any atom is -0.497 e. The van der Waals surface area contributed by atoms with E-state index >= 15 is 0 Å². The number of carbonyl (C=O) groups is 1. The number of hydrogen-bond donors (Lipinski definition) is 2. The van der Waals surface area contributed by atoms with Crippen LogP contribution in [0.15, 0.2) is 58.5 Å². The quantitative estimate of drug-likeness (QED) is 0.411. The Morgan fingerprint density at radius 2 is 2.09 bits per heavy atom. The molecular weight excluding hydrogens is 492 g/mol. The second-order valence-electron chi connectivity index (χ2n) is 7.50. The molecule has 0 aliphatic carbocycles. The molecule has 2 heterocycles. The van der Waals surface area contributed by atoms with Crippen LogP contribution >= 0.6 is 11.3 Å². The highest BCUT2D eigenvalue weighted by molar-refractivity contribution is 7.89. The Kier molecular flexibility index (Phi) is 9.71. The first kappa shape index (κ1) is 26.7. The van der Waals surface area contributed by atoms with E-state index in [9.17, 15) is 18.3 Å². The lowest BCUT2D eigenvalue weighted by atomic mass is 9.99. The molecule has 0 fully saturated rings. The van der Waals surface area contributed by atoms with Crippen LogP contribution in [0.5, 0.6) is 5.75 Å². The highest BCUT2D eigenvalue weighted by atomic mass is 32.2. The first-order valence-electron chi connectivity index (χ1n) is 10.9. The molecule has 35 heavy (non-hydrogen) atoms. The van der Waals surface area contributed by atoms with Gasteiger partial charge in [-0.1, -0.05) is 12.0 Å². The van der Waals surface area contributed by atoms with E-state index < -0.39 is 22.2 Å². The number of hydrogen-bond acceptors (Lipinski definition) is 8. The summed E-state index contributed by atoms with van der Waals surface area (Å²) in [6.07, 6.45) is 6.65. The van der Waals surface area contributed by atoms with Crippen molar-refractivity contribution < 1.29 is 32.5 Å². The van der Waals surface area contributed by atoms with Crippen LogP contribution < -0.4 is 10.1 Å². The van der Waals surface area contributed by atoms with Crippen molar-refractivity contribution in [3.63, 3.8) is 0 Å². The summed E-state index contributed by atoms with van der Waals surface area (Å²) in [5.41, 5.74) is 0. The number of methoxy groups -OCH3 is 1. The molecule has 0 radical (unpaired) electrons. The van der Waals surface area contributed by atoms with E-state index in [0.29, 0.717) is 12.2 Å². The average Bonchev–Trinajstić information content (AvgIpc) is 3.42. The predicted molar refractivity (Wildman–Crippen MR) is 131 cm³/mol. The van der Waals surface area contributed by atoms with Gasteiger partial charge in [-0.25, -0.2) is 8.42 Å². The van der Waals surface area contributed by atoms with E-state index in [4.69, 9.17) is 20.6 Å². The Morgan fingerprint density at radius 1 is 1.31 bits per heavy atom. The zero-order chi connectivity index (χ0) is 25.3. The van der Waals surface area contributed by atoms with E-state index in [1.54, 1.807) is 29.5 Å². The highest BCUT2D eigenvalue weighted by Gasteiger charge is 2.30. The Bertz CT molecular complexity index is 1140. The van der Waals surface area contributed by atoms with E-state index in [1.807, 2.05) is 17.5 Å². The largest absolute Gasteiger partial charge is 0.497 e. The Balaban J connectivity index is 1.67. The molecule has 1 amide bonds. The third-order valence-electron chi connectivity index (χ3n) is 5.23. The zero-order valence-electron chi connectivity index (χ0n) is 19.3. The van der Waals surface area contributed by atoms with Gasteiger partial charge in [-0.2, -0.15) is 4.31 Å². The van der Waals surface area contributed by atoms with E-state index in [2.05, 4.69) is 11.2 Å². The van der Waals surface area contributed by atoms with Crippen molar-refractivity contribution in [2.75, 3.05) is 40.0 Å². The van der Waals surface area contributed by atoms with E-state index in [1.165, 1.54) is 19.2 Å². The van der Waals surface area contributed by atoms with Gasteiger partial charge in [0.25, 0.3) is 5.91 Å². The number of allylic oxidation sites excluding steroid dienone is 1. The highest BCUT2D eigenvalue weighted by Crippen LogP contribution is 2.33. The van der Waals surface area contributed by atoms with Crippen molar-refractivity contribution in [1.82, 2.24) is 9.62 Å². The van der Waals surface area contributed by atoms with Gasteiger partial charge in [0.15, 0.2) is 5.76 Å². The molecule has 2 atom stereocenters. The van der Waals surface area contributed by atoms with Gasteiger partial charge in [-0.3, -0.25) is 4.79 Å². The van der Waals surface area contributed by atoms with Crippen molar-refractivity contribution in [1.29, 1.82) is 0 Å². The summed E-state index contributed by atoms with van der Waals surface area (Å²) < 4.78 is 43.9. The van der Waals surface area contributed by atoms with Crippen LogP contribution in [-0.4, -0.2) is 70.0 Å². The SMILES string of the molecule is C#CCNC(=O)C1=C[C@H](c2cccs2)C[C@H](OCCN(CCO)S(=O)(=O)c2ccc(OC)cc2)O1. The third-order valence-corrected chi connectivity index (χ3v) is 8.15. The minimum absolute atomic E-state index is 0.00351. The number of rotatable bonds is 12. The van der Waals surface area contributed by atoms with Gasteiger partial charge in [-0.15, -0.1) is 17.8 Å². The summed E-state index contributed by atoms with van der Waals surface area (Å²) in [6.45, 7) is -0.399. The van der Waals surface area contributed by atoms with Crippen LogP contribution in [0.4, 0.5) is 0 Å². The predicted octanol–water partition coefficient (Wildman–Crippen LogP) is 1.92. The first-order chi connectivity index (χ1) is 16.9. The second kappa shape index (κ2) is 12.7. The van der Waals surface area contributed by atoms with Gasteiger partial charge in [0, 0.05) is 30.3 Å². The van der Waals surface area contributed by atoms with Crippen LogP contribution in [0.25, 0.3) is 0 Å². The number of amides is 1. The normalized spacial score (nSPS) is 17.8. The molecule has 3 rings (SSSR count). The van der Waals surface area contributed by atoms with Gasteiger partial charge in [-0.05, 0) is 41.8 Å². The van der Waals surface area contributed by atoms with Crippen molar-refractivity contribution in [3.05, 3.63) is 58.5 Å². The van der Waals surface area contributed by atoms with Gasteiger partial charge in [0.2, 0.25) is 16.3 Å². The molecule has 1 aliphatic rings. The van der Waals surface area contributed by atoms with Crippen LogP contribution in [0, 0.1) is 12.3 Å². The summed E-state index contributed by atoms with van der Waals surface area (Å²) in [4.78, 5) is 13.6. The van der Waals surface area contributed by atoms with Gasteiger partial charge >= 0.3 is 0 Å². The summed E-state index contributed by atoms with van der Waals surface area (Å²) >= 11 is 1.56. The fraction of sp³-hybridized carbons (Fsp3) is 0.375. The molecule has 11 heteroatoms. The van der Waals surface area contributed by atoms with Crippen molar-refractivity contribution >= 4 is 27.3 Å². The molecule has 0 spiro atoms. The number of thiophene rings is 1. The van der Waals surface area contributed by atoms with Gasteiger partial charge in [0.1, 0.15) is 5.75 Å². The third kappa shape index (κ3) is 7.06. The smallest absolute Gasteiger partial charge is 0.286 e. The van der Waals surface area contributed by atoms with E-state index in [-0.39, 0.29) is 49.4 Å². The maximum absolute atomic E-state index is 13.1. The molecule has 2 aromatic rings. The van der Waals surface area contributed by atoms with Crippen LogP contribution in [0.3, 0.4) is 0 Å². The number of terminal acetylenes is 1. The molecule has 2 N–H and O–H groups in total. The standard InChI is InChI=1S/C24H28N2O7S2/c1-3-10-25-24(28)21-16-18(22-5-4-15-34-22)17-23(33-21)32-14-12-26(11-13-27)35(29,30)20-8-6-19(31-2)7-9-20/h1,4-9,15-16,18,23,27H,10-14,17H2,2H3,(H,25,28)/t18-,23+/m0/s1. The number of aliphatic hydroxyl groups excluding tert-OH is 1. The Morgan fingerprint density at radius 3 is 2.71 bits per heavy atom. The second-order valence-corrected chi connectivity index (χ2v) is 10.4. The van der Waals surface area contributed by atoms with Crippen molar-refractivity contribution in [2.24, 2.45) is 0 Å². The molecule has 0 unspecified atom stereocenters. The summed E-state index contributed by atoms with van der Waals surface area (Å²) in [5, 5.41) is 14.0. The lowest BCUT2D eigenvalue weighted by Crippen LogP contribution is -2.38. The van der Waals surface area contributed by atoms with Gasteiger partial charge < -0.3 is 24.6 Å². The number of nitrogens with zero attached hydrogens (tertiary/aromatic N) is 1. The molecule has 188 valence electrons. The number of sulfonamides is 1. The molecule has 0 bridgehead atoms. The minimum atomic E-state index is -3.87.